The summed E-state index contributed by atoms with van der Waals surface area (Å²) in [7, 11) is 0. The Morgan fingerprint density at radius 2 is 1.70 bits per heavy atom. The van der Waals surface area contributed by atoms with Crippen LogP contribution in [0.4, 0.5) is 0 Å². The number of benzene rings is 2. The maximum absolute atomic E-state index is 3.67. The van der Waals surface area contributed by atoms with E-state index < -0.39 is 0 Å². The van der Waals surface area contributed by atoms with Gasteiger partial charge in [0.1, 0.15) is 0 Å². The molecule has 0 radical (unpaired) electrons. The summed E-state index contributed by atoms with van der Waals surface area (Å²) in [5, 5.41) is 3.67. The van der Waals surface area contributed by atoms with Crippen molar-refractivity contribution in [2.24, 2.45) is 0 Å². The largest absolute Gasteiger partial charge is 0.311 e. The van der Waals surface area contributed by atoms with E-state index in [0.717, 1.165) is 13.1 Å². The van der Waals surface area contributed by atoms with Crippen LogP contribution < -0.4 is 5.32 Å². The molecule has 2 nitrogen and oxygen atoms in total. The van der Waals surface area contributed by atoms with Crippen LogP contribution >= 0.6 is 11.8 Å². The molecule has 1 aliphatic heterocycles. The molecule has 122 valence electrons. The summed E-state index contributed by atoms with van der Waals surface area (Å²) in [6.45, 7) is 4.40. The molecular formula is C20H26N2S. The molecule has 1 heterocycles. The van der Waals surface area contributed by atoms with E-state index >= 15 is 0 Å². The average molecular weight is 327 g/mol. The molecule has 1 saturated heterocycles. The number of hydrogen-bond donors (Lipinski definition) is 1. The van der Waals surface area contributed by atoms with Crippen LogP contribution in [0.25, 0.3) is 0 Å². The Labute approximate surface area is 144 Å². The summed E-state index contributed by atoms with van der Waals surface area (Å²) in [6.07, 6.45) is 4.78. The third kappa shape index (κ3) is 4.60. The third-order valence-electron chi connectivity index (χ3n) is 4.59. The van der Waals surface area contributed by atoms with Gasteiger partial charge in [0.2, 0.25) is 0 Å². The van der Waals surface area contributed by atoms with Crippen molar-refractivity contribution < 1.29 is 0 Å². The van der Waals surface area contributed by atoms with E-state index in [1.165, 1.54) is 42.0 Å². The van der Waals surface area contributed by atoms with Gasteiger partial charge in [0.05, 0.1) is 0 Å². The molecule has 23 heavy (non-hydrogen) atoms. The van der Waals surface area contributed by atoms with Gasteiger partial charge in [-0.05, 0) is 55.4 Å². The zero-order valence-electron chi connectivity index (χ0n) is 13.9. The van der Waals surface area contributed by atoms with Crippen molar-refractivity contribution in [3.8, 4) is 0 Å². The molecule has 3 heteroatoms. The molecule has 1 aliphatic rings. The Morgan fingerprint density at radius 3 is 2.35 bits per heavy atom. The van der Waals surface area contributed by atoms with Crippen LogP contribution in [0.5, 0.6) is 0 Å². The van der Waals surface area contributed by atoms with Crippen molar-refractivity contribution in [1.29, 1.82) is 0 Å². The molecule has 1 N–H and O–H groups in total. The second-order valence-corrected chi connectivity index (χ2v) is 7.03. The second kappa shape index (κ2) is 8.53. The predicted octanol–water partition coefficient (Wildman–Crippen LogP) is 4.34. The first-order valence-electron chi connectivity index (χ1n) is 8.49. The van der Waals surface area contributed by atoms with Crippen LogP contribution in [-0.4, -0.2) is 30.8 Å². The summed E-state index contributed by atoms with van der Waals surface area (Å²) in [5.74, 6) is 0. The van der Waals surface area contributed by atoms with Crippen LogP contribution in [0.15, 0.2) is 59.5 Å². The summed E-state index contributed by atoms with van der Waals surface area (Å²) >= 11 is 1.79. The first-order valence-corrected chi connectivity index (χ1v) is 9.72. The Morgan fingerprint density at radius 1 is 1.00 bits per heavy atom. The van der Waals surface area contributed by atoms with Crippen LogP contribution in [0.3, 0.4) is 0 Å². The van der Waals surface area contributed by atoms with Gasteiger partial charge in [0.25, 0.3) is 0 Å². The third-order valence-corrected chi connectivity index (χ3v) is 5.34. The summed E-state index contributed by atoms with van der Waals surface area (Å²) in [6, 6.07) is 20.3. The minimum atomic E-state index is 0.490. The highest BCUT2D eigenvalue weighted by molar-refractivity contribution is 7.98. The lowest BCUT2D eigenvalue weighted by Crippen LogP contribution is -2.34. The number of nitrogens with zero attached hydrogens (tertiary/aromatic N) is 1. The van der Waals surface area contributed by atoms with Crippen molar-refractivity contribution in [2.75, 3.05) is 25.9 Å². The van der Waals surface area contributed by atoms with Crippen molar-refractivity contribution in [3.05, 3.63) is 65.7 Å². The Bertz CT molecular complexity index is 576. The number of rotatable bonds is 7. The molecule has 0 aromatic heterocycles. The maximum Gasteiger partial charge on any atom is 0.0472 e. The van der Waals surface area contributed by atoms with E-state index in [9.17, 15) is 0 Å². The fourth-order valence-corrected chi connectivity index (χ4v) is 3.69. The summed E-state index contributed by atoms with van der Waals surface area (Å²) in [4.78, 5) is 3.95. The van der Waals surface area contributed by atoms with Crippen molar-refractivity contribution in [3.63, 3.8) is 0 Å². The van der Waals surface area contributed by atoms with E-state index in [0.29, 0.717) is 6.04 Å². The van der Waals surface area contributed by atoms with Gasteiger partial charge in [0.15, 0.2) is 0 Å². The Kier molecular flexibility index (Phi) is 6.14. The van der Waals surface area contributed by atoms with Crippen LogP contribution in [0.1, 0.15) is 30.0 Å². The monoisotopic (exact) mass is 326 g/mol. The summed E-state index contributed by atoms with van der Waals surface area (Å²) < 4.78 is 0. The van der Waals surface area contributed by atoms with E-state index in [2.05, 4.69) is 71.1 Å². The highest BCUT2D eigenvalue weighted by atomic mass is 32.2. The van der Waals surface area contributed by atoms with Crippen molar-refractivity contribution in [2.45, 2.75) is 30.3 Å². The fraction of sp³-hybridized carbons (Fsp3) is 0.400. The standard InChI is InChI=1S/C20H26N2S/c1-23-19-11-9-17(10-12-19)15-21-16-20(22-13-5-6-14-22)18-7-3-2-4-8-18/h2-4,7-12,20-21H,5-6,13-16H2,1H3. The Hall–Kier alpha value is -1.29. The molecular weight excluding hydrogens is 300 g/mol. The predicted molar refractivity (Wildman–Crippen MR) is 99.9 cm³/mol. The average Bonchev–Trinajstić information content (AvgIpc) is 3.14. The lowest BCUT2D eigenvalue weighted by molar-refractivity contribution is 0.238. The van der Waals surface area contributed by atoms with Crippen molar-refractivity contribution >= 4 is 11.8 Å². The molecule has 0 amide bonds. The first-order chi connectivity index (χ1) is 11.4. The molecule has 1 fully saturated rings. The Balaban J connectivity index is 1.59. The number of nitrogens with one attached hydrogen (secondary N) is 1. The first kappa shape index (κ1) is 16.6. The maximum atomic E-state index is 3.67. The molecule has 1 atom stereocenters. The van der Waals surface area contributed by atoms with E-state index in [4.69, 9.17) is 0 Å². The second-order valence-electron chi connectivity index (χ2n) is 6.15. The number of thioether (sulfide) groups is 1. The van der Waals surface area contributed by atoms with Crippen LogP contribution in [-0.2, 0) is 6.54 Å². The van der Waals surface area contributed by atoms with E-state index in [1.54, 1.807) is 11.8 Å². The van der Waals surface area contributed by atoms with Gasteiger partial charge in [-0.1, -0.05) is 42.5 Å². The van der Waals surface area contributed by atoms with Gasteiger partial charge in [-0.25, -0.2) is 0 Å². The highest BCUT2D eigenvalue weighted by Crippen LogP contribution is 2.24. The molecule has 0 spiro atoms. The molecule has 0 saturated carbocycles. The zero-order chi connectivity index (χ0) is 15.9. The molecule has 2 aromatic carbocycles. The van der Waals surface area contributed by atoms with Crippen LogP contribution in [0.2, 0.25) is 0 Å². The van der Waals surface area contributed by atoms with Gasteiger partial charge in [-0.3, -0.25) is 4.90 Å². The van der Waals surface area contributed by atoms with Gasteiger partial charge in [-0.2, -0.15) is 0 Å². The smallest absolute Gasteiger partial charge is 0.0472 e. The topological polar surface area (TPSA) is 15.3 Å². The minimum absolute atomic E-state index is 0.490. The van der Waals surface area contributed by atoms with Gasteiger partial charge in [-0.15, -0.1) is 11.8 Å². The molecule has 0 bridgehead atoms. The van der Waals surface area contributed by atoms with Crippen molar-refractivity contribution in [1.82, 2.24) is 10.2 Å². The van der Waals surface area contributed by atoms with E-state index in [-0.39, 0.29) is 0 Å². The van der Waals surface area contributed by atoms with Gasteiger partial charge >= 0.3 is 0 Å². The summed E-state index contributed by atoms with van der Waals surface area (Å²) in [5.41, 5.74) is 2.79. The number of hydrogen-bond acceptors (Lipinski definition) is 3. The normalized spacial score (nSPS) is 16.6. The SMILES string of the molecule is CSc1ccc(CNCC(c2ccccc2)N2CCCC2)cc1. The lowest BCUT2D eigenvalue weighted by Gasteiger charge is -2.28. The quantitative estimate of drug-likeness (QED) is 0.762. The van der Waals surface area contributed by atoms with E-state index in [1.807, 2.05) is 0 Å². The van der Waals surface area contributed by atoms with Crippen LogP contribution in [0, 0.1) is 0 Å². The minimum Gasteiger partial charge on any atom is -0.311 e. The lowest BCUT2D eigenvalue weighted by atomic mass is 10.1. The number of likely N-dealkylation sites (tertiary alicyclic amines) is 1. The van der Waals surface area contributed by atoms with Gasteiger partial charge < -0.3 is 5.32 Å². The fourth-order valence-electron chi connectivity index (χ4n) is 3.28. The zero-order valence-corrected chi connectivity index (χ0v) is 14.7. The van der Waals surface area contributed by atoms with Gasteiger partial charge in [0, 0.05) is 24.0 Å². The molecule has 3 rings (SSSR count). The molecule has 1 unspecified atom stereocenters. The molecule has 0 aliphatic carbocycles. The highest BCUT2D eigenvalue weighted by Gasteiger charge is 2.22. The molecule has 2 aromatic rings.